The van der Waals surface area contributed by atoms with Gasteiger partial charge in [-0.05, 0) is 42.5 Å². The van der Waals surface area contributed by atoms with Crippen LogP contribution in [0.3, 0.4) is 0 Å². The summed E-state index contributed by atoms with van der Waals surface area (Å²) in [4.78, 5) is 16.3. The predicted octanol–water partition coefficient (Wildman–Crippen LogP) is 3.48. The summed E-state index contributed by atoms with van der Waals surface area (Å²) < 4.78 is 33.4. The van der Waals surface area contributed by atoms with Crippen LogP contribution in [-0.2, 0) is 21.4 Å². The first kappa shape index (κ1) is 20.3. The molecule has 0 aliphatic heterocycles. The standard InChI is InChI=1S/C18H15ClN2O5S2/c1-25-14-5-2-11(3-6-14)17-21-13(10-27-17)9-26-18(22)12-4-7-15(19)16(8-12)28(20,23)24/h2-8,10H,9H2,1H3,(H2,20,23,24). The molecule has 0 saturated carbocycles. The molecule has 3 aromatic rings. The minimum absolute atomic E-state index is 0.0269. The van der Waals surface area contributed by atoms with Crippen molar-refractivity contribution < 1.29 is 22.7 Å². The Morgan fingerprint density at radius 2 is 1.93 bits per heavy atom. The molecule has 0 radical (unpaired) electrons. The van der Waals surface area contributed by atoms with E-state index >= 15 is 0 Å². The van der Waals surface area contributed by atoms with Crippen LogP contribution >= 0.6 is 22.9 Å². The Morgan fingerprint density at radius 1 is 1.21 bits per heavy atom. The number of primary sulfonamides is 1. The van der Waals surface area contributed by atoms with Crippen molar-refractivity contribution in [2.75, 3.05) is 7.11 Å². The van der Waals surface area contributed by atoms with Crippen LogP contribution in [0.2, 0.25) is 5.02 Å². The van der Waals surface area contributed by atoms with Crippen LogP contribution in [0.5, 0.6) is 5.75 Å². The molecule has 10 heteroatoms. The van der Waals surface area contributed by atoms with Crippen molar-refractivity contribution in [2.45, 2.75) is 11.5 Å². The average molecular weight is 439 g/mol. The zero-order chi connectivity index (χ0) is 20.3. The van der Waals surface area contributed by atoms with Crippen molar-refractivity contribution >= 4 is 38.9 Å². The molecule has 0 aliphatic rings. The van der Waals surface area contributed by atoms with Gasteiger partial charge in [-0.25, -0.2) is 23.3 Å². The summed E-state index contributed by atoms with van der Waals surface area (Å²) in [6.45, 7) is -0.0567. The Morgan fingerprint density at radius 3 is 2.57 bits per heavy atom. The van der Waals surface area contributed by atoms with Crippen LogP contribution in [0, 0.1) is 0 Å². The van der Waals surface area contributed by atoms with E-state index in [0.29, 0.717) is 5.69 Å². The molecular weight excluding hydrogens is 424 g/mol. The van der Waals surface area contributed by atoms with Crippen molar-refractivity contribution in [3.05, 3.63) is 64.1 Å². The molecule has 0 aliphatic carbocycles. The molecule has 7 nitrogen and oxygen atoms in total. The van der Waals surface area contributed by atoms with Gasteiger partial charge < -0.3 is 9.47 Å². The largest absolute Gasteiger partial charge is 0.497 e. The molecule has 1 aromatic heterocycles. The summed E-state index contributed by atoms with van der Waals surface area (Å²) in [5, 5.41) is 7.58. The van der Waals surface area contributed by atoms with Gasteiger partial charge in [0.1, 0.15) is 22.3 Å². The number of benzene rings is 2. The number of rotatable bonds is 6. The molecule has 0 saturated heterocycles. The van der Waals surface area contributed by atoms with E-state index in [4.69, 9.17) is 26.2 Å². The topological polar surface area (TPSA) is 109 Å². The lowest BCUT2D eigenvalue weighted by atomic mass is 10.2. The van der Waals surface area contributed by atoms with Crippen molar-refractivity contribution in [2.24, 2.45) is 5.14 Å². The molecule has 146 valence electrons. The number of aromatic nitrogens is 1. The highest BCUT2D eigenvalue weighted by Crippen LogP contribution is 2.26. The minimum Gasteiger partial charge on any atom is -0.497 e. The van der Waals surface area contributed by atoms with Gasteiger partial charge in [0, 0.05) is 10.9 Å². The van der Waals surface area contributed by atoms with Crippen molar-refractivity contribution in [3.8, 4) is 16.3 Å². The van der Waals surface area contributed by atoms with Gasteiger partial charge in [0.25, 0.3) is 0 Å². The number of nitrogens with zero attached hydrogens (tertiary/aromatic N) is 1. The summed E-state index contributed by atoms with van der Waals surface area (Å²) in [6, 6.07) is 11.2. The van der Waals surface area contributed by atoms with Crippen LogP contribution in [0.25, 0.3) is 10.6 Å². The summed E-state index contributed by atoms with van der Waals surface area (Å²) in [5.41, 5.74) is 1.52. The lowest BCUT2D eigenvalue weighted by molar-refractivity contribution is 0.0468. The van der Waals surface area contributed by atoms with Crippen LogP contribution in [0.1, 0.15) is 16.1 Å². The molecule has 0 amide bonds. The molecule has 0 unspecified atom stereocenters. The monoisotopic (exact) mass is 438 g/mol. The molecule has 0 spiro atoms. The maximum atomic E-state index is 12.2. The van der Waals surface area contributed by atoms with E-state index in [0.717, 1.165) is 22.4 Å². The molecule has 1 heterocycles. The van der Waals surface area contributed by atoms with Crippen LogP contribution < -0.4 is 9.88 Å². The highest BCUT2D eigenvalue weighted by molar-refractivity contribution is 7.89. The van der Waals surface area contributed by atoms with E-state index in [1.54, 1.807) is 12.5 Å². The Kier molecular flexibility index (Phi) is 5.99. The number of sulfonamides is 1. The summed E-state index contributed by atoms with van der Waals surface area (Å²) in [6.07, 6.45) is 0. The molecule has 0 fully saturated rings. The van der Waals surface area contributed by atoms with E-state index in [-0.39, 0.29) is 22.1 Å². The third-order valence-electron chi connectivity index (χ3n) is 3.71. The van der Waals surface area contributed by atoms with Gasteiger partial charge in [-0.3, -0.25) is 0 Å². The van der Waals surface area contributed by atoms with Gasteiger partial charge in [0.15, 0.2) is 0 Å². The maximum absolute atomic E-state index is 12.2. The van der Waals surface area contributed by atoms with Gasteiger partial charge in [-0.2, -0.15) is 0 Å². The first-order chi connectivity index (χ1) is 13.3. The number of carbonyl (C=O) groups is 1. The molecular formula is C18H15ClN2O5S2. The first-order valence-electron chi connectivity index (χ1n) is 7.86. The summed E-state index contributed by atoms with van der Waals surface area (Å²) in [7, 11) is -2.45. The third kappa shape index (κ3) is 4.68. The smallest absolute Gasteiger partial charge is 0.338 e. The van der Waals surface area contributed by atoms with E-state index in [9.17, 15) is 13.2 Å². The predicted molar refractivity (Wildman–Crippen MR) is 106 cm³/mol. The van der Waals surface area contributed by atoms with Crippen molar-refractivity contribution in [1.82, 2.24) is 4.98 Å². The lowest BCUT2D eigenvalue weighted by Crippen LogP contribution is -2.14. The molecule has 0 bridgehead atoms. The fraction of sp³-hybridized carbons (Fsp3) is 0.111. The Bertz CT molecular complexity index is 1110. The van der Waals surface area contributed by atoms with Crippen LogP contribution in [0.15, 0.2) is 52.7 Å². The molecule has 0 atom stereocenters. The van der Waals surface area contributed by atoms with Gasteiger partial charge in [0.2, 0.25) is 10.0 Å². The second-order valence-corrected chi connectivity index (χ2v) is 8.43. The number of hydrogen-bond acceptors (Lipinski definition) is 7. The van der Waals surface area contributed by atoms with Gasteiger partial charge in [-0.15, -0.1) is 11.3 Å². The normalized spacial score (nSPS) is 11.2. The fourth-order valence-electron chi connectivity index (χ4n) is 2.31. The van der Waals surface area contributed by atoms with Gasteiger partial charge in [-0.1, -0.05) is 11.6 Å². The number of methoxy groups -OCH3 is 1. The molecule has 3 rings (SSSR count). The SMILES string of the molecule is COc1ccc(-c2nc(COC(=O)c3ccc(Cl)c(S(N)(=O)=O)c3)cs2)cc1. The van der Waals surface area contributed by atoms with Crippen molar-refractivity contribution in [3.63, 3.8) is 0 Å². The number of halogens is 1. The van der Waals surface area contributed by atoms with E-state index in [1.165, 1.54) is 23.5 Å². The summed E-state index contributed by atoms with van der Waals surface area (Å²) in [5.74, 6) is 0.0388. The van der Waals surface area contributed by atoms with E-state index in [2.05, 4.69) is 4.98 Å². The second-order valence-electron chi connectivity index (χ2n) is 5.64. The quantitative estimate of drug-likeness (QED) is 0.590. The minimum atomic E-state index is -4.05. The van der Waals surface area contributed by atoms with Crippen LogP contribution in [0.4, 0.5) is 0 Å². The van der Waals surface area contributed by atoms with Gasteiger partial charge >= 0.3 is 5.97 Å². The number of hydrogen-bond donors (Lipinski definition) is 1. The highest BCUT2D eigenvalue weighted by Gasteiger charge is 2.17. The third-order valence-corrected chi connectivity index (χ3v) is 6.05. The second kappa shape index (κ2) is 8.27. The summed E-state index contributed by atoms with van der Waals surface area (Å²) >= 11 is 7.23. The molecule has 28 heavy (non-hydrogen) atoms. The van der Waals surface area contributed by atoms with Gasteiger partial charge in [0.05, 0.1) is 23.4 Å². The zero-order valence-electron chi connectivity index (χ0n) is 14.6. The first-order valence-corrected chi connectivity index (χ1v) is 10.7. The fourth-order valence-corrected chi connectivity index (χ4v) is 4.19. The Balaban J connectivity index is 1.69. The molecule has 2 N–H and O–H groups in total. The highest BCUT2D eigenvalue weighted by atomic mass is 35.5. The maximum Gasteiger partial charge on any atom is 0.338 e. The zero-order valence-corrected chi connectivity index (χ0v) is 17.0. The average Bonchev–Trinajstić information content (AvgIpc) is 3.14. The number of carbonyl (C=O) groups excluding carboxylic acids is 1. The van der Waals surface area contributed by atoms with Crippen LogP contribution in [-0.4, -0.2) is 26.5 Å². The number of thiazole rings is 1. The molecule has 2 aromatic carbocycles. The van der Waals surface area contributed by atoms with E-state index < -0.39 is 16.0 Å². The van der Waals surface area contributed by atoms with E-state index in [1.807, 2.05) is 24.3 Å². The lowest BCUT2D eigenvalue weighted by Gasteiger charge is -2.06. The Hall–Kier alpha value is -2.46. The number of ether oxygens (including phenoxy) is 2. The van der Waals surface area contributed by atoms with Crippen molar-refractivity contribution in [1.29, 1.82) is 0 Å². The number of nitrogens with two attached hydrogens (primary N) is 1. The number of esters is 1. The Labute approximate surface area is 170 Å².